The van der Waals surface area contributed by atoms with Crippen molar-refractivity contribution in [3.8, 4) is 91.6 Å². The van der Waals surface area contributed by atoms with Gasteiger partial charge in [0.25, 0.3) is 0 Å². The van der Waals surface area contributed by atoms with Gasteiger partial charge in [-0.2, -0.15) is 5.26 Å². The van der Waals surface area contributed by atoms with Crippen molar-refractivity contribution < 1.29 is 48.9 Å². The summed E-state index contributed by atoms with van der Waals surface area (Å²) in [5, 5.41) is 63.7. The third-order valence-electron chi connectivity index (χ3n) is 13.1. The van der Waals surface area contributed by atoms with Gasteiger partial charge in [0.2, 0.25) is 0 Å². The molecule has 0 amide bonds. The monoisotopic (exact) mass is 1430 g/mol. The molecular weight excluding hydrogens is 1370 g/mol. The van der Waals surface area contributed by atoms with E-state index in [1.165, 1.54) is 78.8 Å². The molecule has 0 saturated carbocycles. The fourth-order valence-electron chi connectivity index (χ4n) is 8.53. The molecule has 5 N–H and O–H groups in total. The van der Waals surface area contributed by atoms with Gasteiger partial charge in [-0.1, -0.05) is 51.0 Å². The first kappa shape index (κ1) is 76.7. The lowest BCUT2D eigenvalue weighted by molar-refractivity contribution is 0.271. The van der Waals surface area contributed by atoms with Crippen LogP contribution in [0.3, 0.4) is 0 Å². The predicted octanol–water partition coefficient (Wildman–Crippen LogP) is 13.3. The Morgan fingerprint density at radius 2 is 0.853 bits per heavy atom. The van der Waals surface area contributed by atoms with E-state index in [1.54, 1.807) is 94.4 Å². The van der Waals surface area contributed by atoms with Crippen molar-refractivity contribution in [2.45, 2.75) is 21.3 Å². The number of methoxy groups -OCH3 is 3. The number of aliphatic hydroxyl groups excluding tert-OH is 1. The highest BCUT2D eigenvalue weighted by atomic mass is 32.2. The lowest BCUT2D eigenvalue weighted by Gasteiger charge is -2.12. The van der Waals surface area contributed by atoms with E-state index in [1.807, 2.05) is 116 Å². The molecule has 12 heterocycles. The van der Waals surface area contributed by atoms with Crippen molar-refractivity contribution in [1.82, 2.24) is 64.8 Å². The Morgan fingerprint density at radius 1 is 0.422 bits per heavy atom. The van der Waals surface area contributed by atoms with Crippen LogP contribution in [0.4, 0.5) is 8.78 Å². The second-order valence-electron chi connectivity index (χ2n) is 19.5. The molecule has 0 aromatic carbocycles. The fourth-order valence-corrected chi connectivity index (χ4v) is 10.3. The highest BCUT2D eigenvalue weighted by molar-refractivity contribution is 7.99. The number of aliphatic hydroxyl groups is 1. The van der Waals surface area contributed by atoms with Crippen LogP contribution in [0, 0.1) is 23.0 Å². The van der Waals surface area contributed by atoms with Crippen LogP contribution in [0.25, 0.3) is 68.3 Å². The number of nitriles is 1. The van der Waals surface area contributed by atoms with E-state index < -0.39 is 11.6 Å². The third kappa shape index (κ3) is 22.7. The standard InChI is InChI=1S/C13H13N3O2S.C13H14N2O2S.C12H11N3O2.C12H9N3S.C11H8FN3O.C10H7FN4O/c1-18-12-7-10(9-5-3-4-6-14-9)16-11(8-15-17)13(12)19-2;1-17-12-7-10(9-5-3-4-6-14-9)15-11(8-16)13(12)18-2;1-17-10-6-9(8-14-16)15-12(7-10)11-4-2-3-5-13-11;1-16-10-6-9(8-13)15-12(7-10)11-4-2-3-5-14-11;12-8-4-5-10(15-11(8)7-14-16)9-3-1-2-6-13-9;11-7-1-2-8(15-9(7)6-14-16)10-5-12-3-4-13-10/h3-8,17H,1-2H3;3-7,16H,8H2,1-2H3;2-8,16H,1H3;2-7H,1H3;1-7,16H;1-6,16H/b15-8+;;14-8+;;14-7+;14-6+. The molecule has 0 atom stereocenters. The summed E-state index contributed by atoms with van der Waals surface area (Å²) in [6.45, 7) is -0.118. The van der Waals surface area contributed by atoms with Gasteiger partial charge in [0.05, 0.1) is 143 Å². The lowest BCUT2D eigenvalue weighted by atomic mass is 10.2. The van der Waals surface area contributed by atoms with Gasteiger partial charge >= 0.3 is 0 Å². The van der Waals surface area contributed by atoms with E-state index in [4.69, 9.17) is 40.3 Å². The smallest absolute Gasteiger partial charge is 0.150 e. The summed E-state index contributed by atoms with van der Waals surface area (Å²) in [6.07, 6.45) is 23.2. The lowest BCUT2D eigenvalue weighted by Crippen LogP contribution is -1.99. The third-order valence-corrected chi connectivity index (χ3v) is 15.5. The van der Waals surface area contributed by atoms with Gasteiger partial charge in [-0.15, -0.1) is 35.3 Å². The van der Waals surface area contributed by atoms with Gasteiger partial charge in [0.1, 0.15) is 51.8 Å². The molecule has 0 saturated heterocycles. The first-order valence-corrected chi connectivity index (χ1v) is 33.3. The minimum atomic E-state index is -0.564. The minimum Gasteiger partial charge on any atom is -0.497 e. The molecule has 26 nitrogen and oxygen atoms in total. The number of oxime groups is 4. The molecule has 12 aromatic heterocycles. The Hall–Kier alpha value is -12.6. The Balaban J connectivity index is 0.000000172. The minimum absolute atomic E-state index is 0.0225. The van der Waals surface area contributed by atoms with E-state index in [-0.39, 0.29) is 18.0 Å². The summed E-state index contributed by atoms with van der Waals surface area (Å²) >= 11 is 4.58. The van der Waals surface area contributed by atoms with E-state index in [2.05, 4.69) is 91.5 Å². The molecule has 0 spiro atoms. The molecule has 0 radical (unpaired) electrons. The van der Waals surface area contributed by atoms with E-state index in [9.17, 15) is 13.9 Å². The first-order chi connectivity index (χ1) is 49.9. The second-order valence-corrected chi connectivity index (χ2v) is 22.0. The van der Waals surface area contributed by atoms with Crippen LogP contribution in [-0.2, 0) is 6.61 Å². The quantitative estimate of drug-likeness (QED) is 0.0245. The van der Waals surface area contributed by atoms with Crippen LogP contribution >= 0.6 is 35.3 Å². The maximum atomic E-state index is 13.2. The molecule has 0 aliphatic rings. The Bertz CT molecular complexity index is 4650. The van der Waals surface area contributed by atoms with Gasteiger partial charge in [-0.25, -0.2) is 38.7 Å². The number of hydrogen-bond donors (Lipinski definition) is 5. The summed E-state index contributed by atoms with van der Waals surface area (Å²) < 4.78 is 42.2. The van der Waals surface area contributed by atoms with Crippen LogP contribution in [0.15, 0.2) is 237 Å². The van der Waals surface area contributed by atoms with E-state index in [0.717, 1.165) is 55.6 Å². The molecule has 12 aromatic rings. The average molecular weight is 1430 g/mol. The Morgan fingerprint density at radius 3 is 1.26 bits per heavy atom. The molecule has 0 bridgehead atoms. The second kappa shape index (κ2) is 41.6. The predicted molar refractivity (Wildman–Crippen MR) is 386 cm³/mol. The van der Waals surface area contributed by atoms with Crippen LogP contribution in [0.2, 0.25) is 0 Å². The maximum absolute atomic E-state index is 13.2. The van der Waals surface area contributed by atoms with Gasteiger partial charge in [0, 0.05) is 72.5 Å². The summed E-state index contributed by atoms with van der Waals surface area (Å²) in [5.41, 5.74) is 9.97. The SMILES string of the molecule is COc1cc(-c2ccccn2)nc(/C=N/O)c1SC.COc1cc(-c2ccccn2)nc(CO)c1SC.COc1cc(/C=N/O)nc(-c2ccccn2)c1.CSc1cc(C#N)nc(-c2ccccn2)c1.O/N=C/c1nc(-c2ccccn2)ccc1F.O/N=C/c1nc(-c2cnccn2)ccc1F. The summed E-state index contributed by atoms with van der Waals surface area (Å²) in [4.78, 5) is 56.9. The fraction of sp³-hybridized carbons (Fsp3) is 0.0986. The number of rotatable bonds is 17. The zero-order valence-electron chi connectivity index (χ0n) is 55.1. The van der Waals surface area contributed by atoms with E-state index in [0.29, 0.717) is 79.9 Å². The highest BCUT2D eigenvalue weighted by Crippen LogP contribution is 2.35. The topological polar surface area (TPSA) is 370 Å². The van der Waals surface area contributed by atoms with E-state index >= 15 is 0 Å². The van der Waals surface area contributed by atoms with Crippen molar-refractivity contribution in [1.29, 1.82) is 5.26 Å². The van der Waals surface area contributed by atoms with Crippen LogP contribution in [-0.4, -0.2) is 156 Å². The largest absolute Gasteiger partial charge is 0.497 e. The maximum Gasteiger partial charge on any atom is 0.150 e. The van der Waals surface area contributed by atoms with Crippen LogP contribution in [0.5, 0.6) is 17.2 Å². The van der Waals surface area contributed by atoms with Crippen molar-refractivity contribution >= 4 is 60.1 Å². The zero-order chi connectivity index (χ0) is 72.9. The summed E-state index contributed by atoms with van der Waals surface area (Å²) in [7, 11) is 4.77. The Kier molecular flexibility index (Phi) is 31.3. The van der Waals surface area contributed by atoms with Gasteiger partial charge in [0.15, 0.2) is 11.6 Å². The molecule has 0 unspecified atom stereocenters. The average Bonchev–Trinajstić information content (AvgIpc) is 0.901. The first-order valence-electron chi connectivity index (χ1n) is 29.6. The number of thioether (sulfide) groups is 3. The number of hydrogen-bond acceptors (Lipinski definition) is 29. The normalized spacial score (nSPS) is 10.5. The molecular formula is C71H62F2N18O8S3. The molecule has 0 aliphatic heterocycles. The van der Waals surface area contributed by atoms with Gasteiger partial charge in [-0.05, 0) is 116 Å². The molecule has 102 heavy (non-hydrogen) atoms. The number of halogens is 2. The van der Waals surface area contributed by atoms with Crippen LogP contribution < -0.4 is 14.2 Å². The molecule has 0 fully saturated rings. The summed E-state index contributed by atoms with van der Waals surface area (Å²) in [6, 6.07) is 46.1. The van der Waals surface area contributed by atoms with Gasteiger partial charge < -0.3 is 40.1 Å². The molecule has 0 aliphatic carbocycles. The van der Waals surface area contributed by atoms with Crippen molar-refractivity contribution in [2.24, 2.45) is 20.6 Å². The highest BCUT2D eigenvalue weighted by Gasteiger charge is 2.16. The molecule has 12 rings (SSSR count). The van der Waals surface area contributed by atoms with Crippen LogP contribution in [0.1, 0.15) is 34.2 Å². The van der Waals surface area contributed by atoms with Gasteiger partial charge in [-0.3, -0.25) is 34.9 Å². The number of ether oxygens (including phenoxy) is 3. The number of nitrogens with zero attached hydrogens (tertiary/aromatic N) is 18. The number of pyridine rings is 11. The molecule has 31 heteroatoms. The summed E-state index contributed by atoms with van der Waals surface area (Å²) in [5.74, 6) is 0.915. The van der Waals surface area contributed by atoms with Crippen molar-refractivity contribution in [3.05, 3.63) is 247 Å². The Labute approximate surface area is 596 Å². The number of aromatic nitrogens is 13. The molecule has 516 valence electrons. The van der Waals surface area contributed by atoms with Crippen molar-refractivity contribution in [2.75, 3.05) is 40.1 Å². The zero-order valence-corrected chi connectivity index (χ0v) is 57.5. The van der Waals surface area contributed by atoms with Crippen molar-refractivity contribution in [3.63, 3.8) is 0 Å².